The number of carbonyl (C=O) groups excluding carboxylic acids is 1. The standard InChI is InChI=1S/C20H24ClN3O3S/c1-15-3-7-18(8-4-15)28(26,27)24-11-9-23(10-12-24)14-20(25)22-19-13-17(21)6-5-16(19)2/h3-8,13H,9-12,14H2,1-2H3,(H,22,25)/p+1. The maximum absolute atomic E-state index is 12.8. The number of sulfonamides is 1. The monoisotopic (exact) mass is 422 g/mol. The summed E-state index contributed by atoms with van der Waals surface area (Å²) in [6.45, 7) is 6.11. The number of halogens is 1. The highest BCUT2D eigenvalue weighted by Gasteiger charge is 2.31. The molecule has 0 unspecified atom stereocenters. The van der Waals surface area contributed by atoms with Crippen LogP contribution in [0.2, 0.25) is 5.02 Å². The molecule has 2 aromatic rings. The summed E-state index contributed by atoms with van der Waals surface area (Å²) in [6, 6.07) is 12.3. The van der Waals surface area contributed by atoms with Crippen LogP contribution < -0.4 is 10.2 Å². The molecule has 6 nitrogen and oxygen atoms in total. The number of hydrogen-bond acceptors (Lipinski definition) is 3. The molecular formula is C20H25ClN3O3S+. The van der Waals surface area contributed by atoms with E-state index in [1.807, 2.05) is 19.9 Å². The Balaban J connectivity index is 1.55. The molecule has 150 valence electrons. The van der Waals surface area contributed by atoms with Crippen LogP contribution in [-0.4, -0.2) is 51.4 Å². The van der Waals surface area contributed by atoms with E-state index in [4.69, 9.17) is 11.6 Å². The van der Waals surface area contributed by atoms with Gasteiger partial charge in [-0.3, -0.25) is 4.79 Å². The number of piperazine rings is 1. The van der Waals surface area contributed by atoms with E-state index in [2.05, 4.69) is 5.32 Å². The Bertz CT molecular complexity index is 953. The van der Waals surface area contributed by atoms with Crippen LogP contribution in [0.1, 0.15) is 11.1 Å². The molecule has 0 bridgehead atoms. The number of carbonyl (C=O) groups is 1. The van der Waals surface area contributed by atoms with Gasteiger partial charge in [-0.2, -0.15) is 4.31 Å². The molecule has 0 atom stereocenters. The van der Waals surface area contributed by atoms with E-state index in [-0.39, 0.29) is 5.91 Å². The van der Waals surface area contributed by atoms with Gasteiger partial charge in [-0.25, -0.2) is 8.42 Å². The largest absolute Gasteiger partial charge is 0.325 e. The van der Waals surface area contributed by atoms with Gasteiger partial charge in [-0.05, 0) is 43.7 Å². The maximum Gasteiger partial charge on any atom is 0.279 e. The Hall–Kier alpha value is -1.93. The molecule has 1 heterocycles. The number of anilines is 1. The molecule has 1 aliphatic heterocycles. The summed E-state index contributed by atoms with van der Waals surface area (Å²) >= 11 is 5.99. The highest BCUT2D eigenvalue weighted by molar-refractivity contribution is 7.89. The molecule has 2 aromatic carbocycles. The SMILES string of the molecule is Cc1ccc(S(=O)(=O)N2CC[NH+](CC(=O)Nc3cc(Cl)ccc3C)CC2)cc1. The Morgan fingerprint density at radius 1 is 1.11 bits per heavy atom. The zero-order chi connectivity index (χ0) is 20.3. The predicted molar refractivity (Wildman–Crippen MR) is 110 cm³/mol. The predicted octanol–water partition coefficient (Wildman–Crippen LogP) is 1.48. The molecule has 1 saturated heterocycles. The van der Waals surface area contributed by atoms with Gasteiger partial charge < -0.3 is 10.2 Å². The van der Waals surface area contributed by atoms with E-state index in [9.17, 15) is 13.2 Å². The number of quaternary nitrogens is 1. The van der Waals surface area contributed by atoms with Crippen LogP contribution in [0.15, 0.2) is 47.4 Å². The lowest BCUT2D eigenvalue weighted by Gasteiger charge is -2.31. The first-order valence-corrected chi connectivity index (χ1v) is 11.0. The molecule has 0 spiro atoms. The van der Waals surface area contributed by atoms with Crippen LogP contribution in [0.3, 0.4) is 0 Å². The van der Waals surface area contributed by atoms with E-state index in [0.717, 1.165) is 16.0 Å². The van der Waals surface area contributed by atoms with Gasteiger partial charge in [0.2, 0.25) is 10.0 Å². The van der Waals surface area contributed by atoms with Crippen LogP contribution in [0.5, 0.6) is 0 Å². The zero-order valence-corrected chi connectivity index (χ0v) is 17.6. The van der Waals surface area contributed by atoms with Crippen LogP contribution in [0, 0.1) is 13.8 Å². The third-order valence-electron chi connectivity index (χ3n) is 4.97. The minimum atomic E-state index is -3.48. The van der Waals surface area contributed by atoms with Gasteiger partial charge in [0.25, 0.3) is 5.91 Å². The summed E-state index contributed by atoms with van der Waals surface area (Å²) in [4.78, 5) is 13.7. The molecular weight excluding hydrogens is 398 g/mol. The van der Waals surface area contributed by atoms with E-state index in [1.54, 1.807) is 36.4 Å². The van der Waals surface area contributed by atoms with Crippen molar-refractivity contribution in [1.82, 2.24) is 4.31 Å². The lowest BCUT2D eigenvalue weighted by molar-refractivity contribution is -0.895. The van der Waals surface area contributed by atoms with Crippen molar-refractivity contribution in [1.29, 1.82) is 0 Å². The number of benzene rings is 2. The van der Waals surface area contributed by atoms with Gasteiger partial charge >= 0.3 is 0 Å². The van der Waals surface area contributed by atoms with E-state index in [0.29, 0.717) is 48.3 Å². The fraction of sp³-hybridized carbons (Fsp3) is 0.350. The quantitative estimate of drug-likeness (QED) is 0.766. The van der Waals surface area contributed by atoms with Crippen molar-refractivity contribution in [3.05, 3.63) is 58.6 Å². The highest BCUT2D eigenvalue weighted by Crippen LogP contribution is 2.20. The summed E-state index contributed by atoms with van der Waals surface area (Å²) < 4.78 is 27.0. The third kappa shape index (κ3) is 4.91. The minimum absolute atomic E-state index is 0.102. The first-order valence-electron chi connectivity index (χ1n) is 9.22. The topological polar surface area (TPSA) is 70.9 Å². The molecule has 1 amide bonds. The van der Waals surface area contributed by atoms with E-state index in [1.165, 1.54) is 4.31 Å². The van der Waals surface area contributed by atoms with Gasteiger partial charge in [-0.1, -0.05) is 35.4 Å². The maximum atomic E-state index is 12.8. The normalized spacial score (nSPS) is 16.1. The molecule has 3 rings (SSSR count). The number of aryl methyl sites for hydroxylation is 2. The Morgan fingerprint density at radius 3 is 2.39 bits per heavy atom. The first-order chi connectivity index (χ1) is 13.3. The van der Waals surface area contributed by atoms with Gasteiger partial charge in [0.15, 0.2) is 6.54 Å². The smallest absolute Gasteiger partial charge is 0.279 e. The Kier molecular flexibility index (Phi) is 6.40. The van der Waals surface area contributed by atoms with Crippen molar-refractivity contribution < 1.29 is 18.1 Å². The molecule has 1 aliphatic rings. The second-order valence-corrected chi connectivity index (χ2v) is 9.53. The highest BCUT2D eigenvalue weighted by atomic mass is 35.5. The van der Waals surface area contributed by atoms with Gasteiger partial charge in [0.1, 0.15) is 0 Å². The van der Waals surface area contributed by atoms with Crippen molar-refractivity contribution in [3.63, 3.8) is 0 Å². The average molecular weight is 423 g/mol. The average Bonchev–Trinajstić information content (AvgIpc) is 2.65. The van der Waals surface area contributed by atoms with Gasteiger partial charge in [0, 0.05) is 10.7 Å². The van der Waals surface area contributed by atoms with Gasteiger partial charge in [0.05, 0.1) is 31.1 Å². The first kappa shape index (κ1) is 20.8. The summed E-state index contributed by atoms with van der Waals surface area (Å²) in [6.07, 6.45) is 0. The summed E-state index contributed by atoms with van der Waals surface area (Å²) in [7, 11) is -3.48. The molecule has 2 N–H and O–H groups in total. The number of nitrogens with zero attached hydrogens (tertiary/aromatic N) is 1. The van der Waals surface area contributed by atoms with Crippen molar-refractivity contribution in [2.75, 3.05) is 38.0 Å². The van der Waals surface area contributed by atoms with Crippen molar-refractivity contribution in [2.45, 2.75) is 18.7 Å². The van der Waals surface area contributed by atoms with Crippen molar-refractivity contribution >= 4 is 33.2 Å². The molecule has 0 aliphatic carbocycles. The molecule has 0 saturated carbocycles. The second kappa shape index (κ2) is 8.61. The van der Waals surface area contributed by atoms with Crippen LogP contribution in [0.4, 0.5) is 5.69 Å². The van der Waals surface area contributed by atoms with Crippen LogP contribution in [0.25, 0.3) is 0 Å². The molecule has 0 radical (unpaired) electrons. The number of nitrogens with one attached hydrogen (secondary N) is 2. The van der Waals surface area contributed by atoms with Crippen molar-refractivity contribution in [2.24, 2.45) is 0 Å². The van der Waals surface area contributed by atoms with E-state index >= 15 is 0 Å². The number of amides is 1. The summed E-state index contributed by atoms with van der Waals surface area (Å²) in [5, 5.41) is 3.47. The Labute approximate surface area is 171 Å². The molecule has 8 heteroatoms. The van der Waals surface area contributed by atoms with Crippen molar-refractivity contribution in [3.8, 4) is 0 Å². The molecule has 0 aromatic heterocycles. The molecule has 1 fully saturated rings. The lowest BCUT2D eigenvalue weighted by Crippen LogP contribution is -3.15. The Morgan fingerprint density at radius 2 is 1.75 bits per heavy atom. The van der Waals surface area contributed by atoms with E-state index < -0.39 is 10.0 Å². The molecule has 28 heavy (non-hydrogen) atoms. The fourth-order valence-corrected chi connectivity index (χ4v) is 4.84. The summed E-state index contributed by atoms with van der Waals surface area (Å²) in [5.41, 5.74) is 2.67. The van der Waals surface area contributed by atoms with Gasteiger partial charge in [-0.15, -0.1) is 0 Å². The van der Waals surface area contributed by atoms with Crippen LogP contribution in [-0.2, 0) is 14.8 Å². The number of hydrogen-bond donors (Lipinski definition) is 2. The lowest BCUT2D eigenvalue weighted by atomic mass is 10.2. The fourth-order valence-electron chi connectivity index (χ4n) is 3.23. The van der Waals surface area contributed by atoms with Crippen LogP contribution >= 0.6 is 11.6 Å². The third-order valence-corrected chi connectivity index (χ3v) is 7.12. The minimum Gasteiger partial charge on any atom is -0.325 e. The second-order valence-electron chi connectivity index (χ2n) is 7.15. The number of rotatable bonds is 5. The zero-order valence-electron chi connectivity index (χ0n) is 16.0. The summed E-state index contributed by atoms with van der Waals surface area (Å²) in [5.74, 6) is -0.102.